The van der Waals surface area contributed by atoms with E-state index in [0.717, 1.165) is 0 Å². The molecule has 36 valence electrons. The van der Waals surface area contributed by atoms with Crippen LogP contribution in [0.3, 0.4) is 0 Å². The zero-order chi connectivity index (χ0) is 4.00. The van der Waals surface area contributed by atoms with Crippen LogP contribution in [0.5, 0.6) is 0 Å². The molecule has 0 aliphatic heterocycles. The summed E-state index contributed by atoms with van der Waals surface area (Å²) < 4.78 is 0. The molecule has 0 saturated carbocycles. The van der Waals surface area contributed by atoms with Gasteiger partial charge in [-0.3, -0.25) is 0 Å². The predicted molar refractivity (Wildman–Crippen MR) is 5.26 cm³/mol. The summed E-state index contributed by atoms with van der Waals surface area (Å²) in [6.07, 6.45) is 0. The number of rotatable bonds is 0. The third-order valence-electron chi connectivity index (χ3n) is 0. The monoisotopic (exact) mass is 124 g/mol. The molecule has 0 amide bonds. The van der Waals surface area contributed by atoms with E-state index in [-0.39, 0.29) is 16.5 Å². The molecule has 0 saturated heterocycles. The Balaban J connectivity index is -0.0000000133. The summed E-state index contributed by atoms with van der Waals surface area (Å²) in [5.74, 6) is 0. The van der Waals surface area contributed by atoms with Crippen molar-refractivity contribution in [1.82, 2.24) is 0 Å². The third-order valence-corrected chi connectivity index (χ3v) is 0. The van der Waals surface area contributed by atoms with Crippen LogP contribution in [-0.2, 0) is 16.5 Å². The van der Waals surface area contributed by atoms with Crippen molar-refractivity contribution in [1.29, 1.82) is 0 Å². The van der Waals surface area contributed by atoms with Crippen LogP contribution in [0.15, 0.2) is 0 Å². The van der Waals surface area contributed by atoms with E-state index in [9.17, 15) is 0 Å². The Morgan fingerprint density at radius 1 is 0.800 bits per heavy atom. The predicted octanol–water partition coefficient (Wildman–Crippen LogP) is -2.36. The molecule has 0 aliphatic carbocycles. The van der Waals surface area contributed by atoms with Gasteiger partial charge in [-0.2, -0.15) is 0 Å². The first-order valence-corrected chi connectivity index (χ1v) is 0.365. The van der Waals surface area contributed by atoms with Gasteiger partial charge in [-0.25, -0.2) is 0 Å². The topological polar surface area (TPSA) is 86.6 Å². The SMILES string of the molecule is [Ni+2].[O-]O.[O-]O. The van der Waals surface area contributed by atoms with Crippen LogP contribution in [0.1, 0.15) is 0 Å². The van der Waals surface area contributed by atoms with Gasteiger partial charge in [0.15, 0.2) is 0 Å². The van der Waals surface area contributed by atoms with Gasteiger partial charge in [0.05, 0.1) is 0 Å². The second-order valence-corrected chi connectivity index (χ2v) is 0. The van der Waals surface area contributed by atoms with Gasteiger partial charge in [-0.1, -0.05) is 0 Å². The second-order valence-electron chi connectivity index (χ2n) is 0. The summed E-state index contributed by atoms with van der Waals surface area (Å²) in [4.78, 5) is 0. The van der Waals surface area contributed by atoms with E-state index in [0.29, 0.717) is 0 Å². The van der Waals surface area contributed by atoms with Crippen LogP contribution in [0, 0.1) is 0 Å². The summed E-state index contributed by atoms with van der Waals surface area (Å²) in [5.41, 5.74) is 0. The first-order valence-electron chi connectivity index (χ1n) is 0.365. The normalized spacial score (nSPS) is 2.40. The molecule has 5 heteroatoms. The Labute approximate surface area is 38.5 Å². The maximum Gasteiger partial charge on any atom is 2.00 e. The molecule has 0 spiro atoms. The molecule has 0 unspecified atom stereocenters. The zero-order valence-electron chi connectivity index (χ0n) is 2.03. The Hall–Kier alpha value is 0.334. The fourth-order valence-corrected chi connectivity index (χ4v) is 0. The van der Waals surface area contributed by atoms with Crippen molar-refractivity contribution in [2.24, 2.45) is 0 Å². The first kappa shape index (κ1) is 18.4. The van der Waals surface area contributed by atoms with Crippen molar-refractivity contribution in [3.8, 4) is 0 Å². The van der Waals surface area contributed by atoms with E-state index >= 15 is 0 Å². The molecule has 0 fully saturated rings. The molecule has 2 N–H and O–H groups in total. The van der Waals surface area contributed by atoms with Crippen LogP contribution in [0.25, 0.3) is 0 Å². The van der Waals surface area contributed by atoms with Gasteiger partial charge in [0.25, 0.3) is 0 Å². The van der Waals surface area contributed by atoms with Gasteiger partial charge in [-0.05, 0) is 0 Å². The van der Waals surface area contributed by atoms with E-state index in [2.05, 4.69) is 0 Å². The van der Waals surface area contributed by atoms with Crippen molar-refractivity contribution in [2.45, 2.75) is 0 Å². The Kier molecular flexibility index (Phi) is 1590. The fraction of sp³-hybridized carbons (Fsp3) is 0. The molecule has 5 heavy (non-hydrogen) atoms. The molecule has 0 heterocycles. The van der Waals surface area contributed by atoms with E-state index < -0.39 is 0 Å². The molecule has 4 nitrogen and oxygen atoms in total. The molecule has 0 aliphatic rings. The molecule has 0 bridgehead atoms. The van der Waals surface area contributed by atoms with Crippen LogP contribution >= 0.6 is 0 Å². The molecule has 0 radical (unpaired) electrons. The molecule has 0 aromatic heterocycles. The smallest absolute Gasteiger partial charge is 0.727 e. The Morgan fingerprint density at radius 2 is 0.800 bits per heavy atom. The minimum Gasteiger partial charge on any atom is -0.727 e. The number of hydrogen-bond acceptors (Lipinski definition) is 4. The van der Waals surface area contributed by atoms with Crippen LogP contribution in [-0.4, -0.2) is 10.5 Å². The molecule has 0 aromatic carbocycles. The van der Waals surface area contributed by atoms with Gasteiger partial charge in [0, 0.05) is 0 Å². The maximum absolute atomic E-state index is 7.25. The minimum atomic E-state index is 0. The van der Waals surface area contributed by atoms with Crippen molar-refractivity contribution in [3.05, 3.63) is 0 Å². The van der Waals surface area contributed by atoms with Gasteiger partial charge < -0.3 is 21.0 Å². The van der Waals surface area contributed by atoms with Crippen molar-refractivity contribution >= 4 is 0 Å². The zero-order valence-corrected chi connectivity index (χ0v) is 3.01. The largest absolute Gasteiger partial charge is 2.00 e. The molecular formula is H2NiO4. The van der Waals surface area contributed by atoms with Crippen molar-refractivity contribution in [2.75, 3.05) is 0 Å². The van der Waals surface area contributed by atoms with Crippen molar-refractivity contribution in [3.63, 3.8) is 0 Å². The van der Waals surface area contributed by atoms with Crippen LogP contribution in [0.4, 0.5) is 0 Å². The minimum absolute atomic E-state index is 0. The third kappa shape index (κ3) is 212. The van der Waals surface area contributed by atoms with Gasteiger partial charge in [0.1, 0.15) is 0 Å². The average Bonchev–Trinajstić information content (AvgIpc) is 1.50. The molecule has 0 aromatic rings. The van der Waals surface area contributed by atoms with Crippen LogP contribution < -0.4 is 10.5 Å². The molecule has 0 atom stereocenters. The second kappa shape index (κ2) is 433. The van der Waals surface area contributed by atoms with E-state index in [4.69, 9.17) is 21.0 Å². The summed E-state index contributed by atoms with van der Waals surface area (Å²) >= 11 is 0. The van der Waals surface area contributed by atoms with Crippen molar-refractivity contribution < 1.29 is 37.5 Å². The first-order chi connectivity index (χ1) is 2.00. The quantitative estimate of drug-likeness (QED) is 0.215. The Morgan fingerprint density at radius 3 is 0.800 bits per heavy atom. The van der Waals surface area contributed by atoms with E-state index in [1.54, 1.807) is 0 Å². The molecular weight excluding hydrogens is 123 g/mol. The summed E-state index contributed by atoms with van der Waals surface area (Å²) in [7, 11) is 0. The van der Waals surface area contributed by atoms with Gasteiger partial charge in [-0.15, -0.1) is 0 Å². The summed E-state index contributed by atoms with van der Waals surface area (Å²) in [5, 5.41) is 26.0. The average molecular weight is 125 g/mol. The number of hydrogen-bond donors (Lipinski definition) is 2. The van der Waals surface area contributed by atoms with E-state index in [1.165, 1.54) is 0 Å². The van der Waals surface area contributed by atoms with Crippen LogP contribution in [0.2, 0.25) is 0 Å². The summed E-state index contributed by atoms with van der Waals surface area (Å²) in [6.45, 7) is 0. The Bertz CT molecular complexity index is 3.61. The standard InChI is InChI=1S/Ni.2H2O2/c;2*1-2/h;2*1-2H/q+2;;/p-2. The van der Waals surface area contributed by atoms with Gasteiger partial charge >= 0.3 is 16.5 Å². The summed E-state index contributed by atoms with van der Waals surface area (Å²) in [6, 6.07) is 0. The van der Waals surface area contributed by atoms with Gasteiger partial charge in [0.2, 0.25) is 0 Å². The fourth-order valence-electron chi connectivity index (χ4n) is 0. The maximum atomic E-state index is 7.25. The van der Waals surface area contributed by atoms with E-state index in [1.807, 2.05) is 0 Å². The molecule has 0 rings (SSSR count).